The van der Waals surface area contributed by atoms with Crippen LogP contribution in [0.4, 0.5) is 5.69 Å². The highest BCUT2D eigenvalue weighted by molar-refractivity contribution is 8.01. The van der Waals surface area contributed by atoms with Gasteiger partial charge >= 0.3 is 0 Å². The van der Waals surface area contributed by atoms with Crippen LogP contribution in [0.3, 0.4) is 0 Å². The minimum absolute atomic E-state index is 0.192. The fraction of sp³-hybridized carbons (Fsp3) is 0.556. The second-order valence-electron chi connectivity index (χ2n) is 6.67. The monoisotopic (exact) mass is 381 g/mol. The highest BCUT2D eigenvalue weighted by atomic mass is 35.5. The number of rotatable bonds is 3. The van der Waals surface area contributed by atoms with Gasteiger partial charge in [0, 0.05) is 10.7 Å². The second-order valence-corrected chi connectivity index (χ2v) is 9.02. The van der Waals surface area contributed by atoms with Gasteiger partial charge in [0.05, 0.1) is 10.6 Å². The molecule has 0 bridgehead atoms. The molecule has 0 aromatic heterocycles. The van der Waals surface area contributed by atoms with Crippen LogP contribution in [-0.2, 0) is 0 Å². The maximum atomic E-state index is 8.45. The summed E-state index contributed by atoms with van der Waals surface area (Å²) in [5.74, 6) is 1.38. The Kier molecular flexibility index (Phi) is 6.06. The van der Waals surface area contributed by atoms with Crippen LogP contribution in [-0.4, -0.2) is 26.5 Å². The van der Waals surface area contributed by atoms with Crippen molar-refractivity contribution in [3.63, 3.8) is 0 Å². The Balaban J connectivity index is 1.69. The lowest BCUT2D eigenvalue weighted by Crippen LogP contribution is -2.42. The van der Waals surface area contributed by atoms with Gasteiger partial charge in [0.25, 0.3) is 0 Å². The van der Waals surface area contributed by atoms with E-state index in [4.69, 9.17) is 29.2 Å². The van der Waals surface area contributed by atoms with Crippen LogP contribution in [0.5, 0.6) is 0 Å². The van der Waals surface area contributed by atoms with Gasteiger partial charge in [0.2, 0.25) is 0 Å². The second kappa shape index (κ2) is 8.07. The number of thioether (sulfide) groups is 1. The summed E-state index contributed by atoms with van der Waals surface area (Å²) < 4.78 is 0. The third-order valence-electron chi connectivity index (χ3n) is 4.85. The molecule has 0 spiro atoms. The van der Waals surface area contributed by atoms with E-state index >= 15 is 0 Å². The summed E-state index contributed by atoms with van der Waals surface area (Å²) in [6.07, 6.45) is 7.83. The molecule has 0 amide bonds. The summed E-state index contributed by atoms with van der Waals surface area (Å²) in [5.41, 5.74) is 0.876. The number of hydrogen-bond acceptors (Lipinski definition) is 3. The zero-order chi connectivity index (χ0) is 17.1. The number of amidine groups is 1. The lowest BCUT2D eigenvalue weighted by atomic mass is 9.87. The molecule has 1 saturated carbocycles. The Labute approximate surface area is 159 Å². The van der Waals surface area contributed by atoms with Crippen molar-refractivity contribution < 1.29 is 0 Å². The Bertz CT molecular complexity index is 616. The minimum Gasteiger partial charge on any atom is -0.332 e. The summed E-state index contributed by atoms with van der Waals surface area (Å²) in [6.45, 7) is 2.10. The first kappa shape index (κ1) is 18.0. The van der Waals surface area contributed by atoms with Crippen LogP contribution >= 0.6 is 35.6 Å². The Morgan fingerprint density at radius 1 is 1.38 bits per heavy atom. The van der Waals surface area contributed by atoms with Crippen molar-refractivity contribution in [1.82, 2.24) is 4.90 Å². The number of halogens is 1. The van der Waals surface area contributed by atoms with Crippen molar-refractivity contribution in [2.45, 2.75) is 56.1 Å². The van der Waals surface area contributed by atoms with Crippen molar-refractivity contribution in [3.8, 4) is 0 Å². The molecule has 2 N–H and O–H groups in total. The van der Waals surface area contributed by atoms with Gasteiger partial charge in [0.1, 0.15) is 5.84 Å². The summed E-state index contributed by atoms with van der Waals surface area (Å²) in [5, 5.41) is 13.5. The molecule has 130 valence electrons. The van der Waals surface area contributed by atoms with Crippen molar-refractivity contribution in [2.75, 3.05) is 5.32 Å². The number of anilines is 1. The Morgan fingerprint density at radius 2 is 2.12 bits per heavy atom. The van der Waals surface area contributed by atoms with Gasteiger partial charge in [-0.25, -0.2) is 0 Å². The minimum atomic E-state index is 0.192. The Hall–Kier alpha value is -0.780. The molecule has 2 atom stereocenters. The molecule has 24 heavy (non-hydrogen) atoms. The van der Waals surface area contributed by atoms with Gasteiger partial charge in [-0.05, 0) is 49.7 Å². The lowest BCUT2D eigenvalue weighted by Gasteiger charge is -2.30. The van der Waals surface area contributed by atoms with E-state index in [0.29, 0.717) is 16.0 Å². The molecular weight excluding hydrogens is 358 g/mol. The normalized spacial score (nSPS) is 25.1. The molecule has 6 heteroatoms. The first-order valence-corrected chi connectivity index (χ1v) is 10.4. The molecule has 1 aromatic carbocycles. The molecule has 2 fully saturated rings. The predicted octanol–water partition coefficient (Wildman–Crippen LogP) is 5.75. The molecular formula is C18H24ClN3S2. The van der Waals surface area contributed by atoms with E-state index in [1.54, 1.807) is 0 Å². The van der Waals surface area contributed by atoms with E-state index in [9.17, 15) is 0 Å². The molecule has 3 nitrogen and oxygen atoms in total. The number of nitrogens with zero attached hydrogens (tertiary/aromatic N) is 1. The van der Waals surface area contributed by atoms with Crippen LogP contribution in [0.15, 0.2) is 24.3 Å². The number of nitrogens with one attached hydrogen (secondary N) is 2. The summed E-state index contributed by atoms with van der Waals surface area (Å²) in [6, 6.07) is 7.56. The van der Waals surface area contributed by atoms with Crippen LogP contribution in [0.2, 0.25) is 5.02 Å². The maximum Gasteiger partial charge on any atom is 0.179 e. The average molecular weight is 382 g/mol. The number of benzene rings is 1. The topological polar surface area (TPSA) is 39.1 Å². The third-order valence-corrected chi connectivity index (χ3v) is 6.73. The van der Waals surface area contributed by atoms with Crippen LogP contribution in [0.1, 0.15) is 45.4 Å². The van der Waals surface area contributed by atoms with E-state index in [2.05, 4.69) is 12.2 Å². The fourth-order valence-electron chi connectivity index (χ4n) is 3.57. The summed E-state index contributed by atoms with van der Waals surface area (Å²) in [4.78, 5) is 2.01. The fourth-order valence-corrected chi connectivity index (χ4v) is 5.61. The van der Waals surface area contributed by atoms with Crippen LogP contribution < -0.4 is 5.32 Å². The average Bonchev–Trinajstić information content (AvgIpc) is 2.82. The van der Waals surface area contributed by atoms with Gasteiger partial charge in [-0.1, -0.05) is 49.8 Å². The van der Waals surface area contributed by atoms with Crippen LogP contribution in [0, 0.1) is 11.3 Å². The SMILES string of the molecule is CC1SC(CC2CCCCC2)N(C(=S)Nc2cccc(Cl)c2)C1=N. The van der Waals surface area contributed by atoms with E-state index in [1.807, 2.05) is 40.9 Å². The third kappa shape index (κ3) is 4.24. The van der Waals surface area contributed by atoms with Crippen molar-refractivity contribution in [2.24, 2.45) is 5.92 Å². The van der Waals surface area contributed by atoms with Gasteiger partial charge < -0.3 is 5.32 Å². The van der Waals surface area contributed by atoms with Crippen molar-refractivity contribution in [1.29, 1.82) is 5.41 Å². The molecule has 1 saturated heterocycles. The number of hydrogen-bond donors (Lipinski definition) is 2. The van der Waals surface area contributed by atoms with Gasteiger partial charge in [-0.3, -0.25) is 10.3 Å². The van der Waals surface area contributed by atoms with Gasteiger partial charge in [0.15, 0.2) is 5.11 Å². The quantitative estimate of drug-likeness (QED) is 0.654. The zero-order valence-corrected chi connectivity index (χ0v) is 16.3. The molecule has 2 unspecified atom stereocenters. The summed E-state index contributed by atoms with van der Waals surface area (Å²) in [7, 11) is 0. The van der Waals surface area contributed by atoms with Crippen LogP contribution in [0.25, 0.3) is 0 Å². The largest absolute Gasteiger partial charge is 0.332 e. The standard InChI is InChI=1S/C18H24ClN3S2/c1-12-17(20)22(16(24-12)10-13-6-3-2-4-7-13)18(23)21-15-9-5-8-14(19)11-15/h5,8-9,11-13,16,20H,2-4,6-7,10H2,1H3,(H,21,23). The smallest absolute Gasteiger partial charge is 0.179 e. The number of thiocarbonyl (C=S) groups is 1. The highest BCUT2D eigenvalue weighted by Gasteiger charge is 2.38. The first-order valence-electron chi connectivity index (χ1n) is 8.64. The van der Waals surface area contributed by atoms with E-state index in [-0.39, 0.29) is 10.6 Å². The predicted molar refractivity (Wildman–Crippen MR) is 109 cm³/mol. The van der Waals surface area contributed by atoms with Gasteiger partial charge in [-0.15, -0.1) is 11.8 Å². The molecule has 1 aliphatic heterocycles. The van der Waals surface area contributed by atoms with Crippen molar-refractivity contribution >= 4 is 52.2 Å². The van der Waals surface area contributed by atoms with Crippen molar-refractivity contribution in [3.05, 3.63) is 29.3 Å². The van der Waals surface area contributed by atoms with E-state index in [1.165, 1.54) is 32.1 Å². The molecule has 3 rings (SSSR count). The molecule has 1 aromatic rings. The van der Waals surface area contributed by atoms with E-state index in [0.717, 1.165) is 18.0 Å². The lowest BCUT2D eigenvalue weighted by molar-refractivity contribution is 0.315. The highest BCUT2D eigenvalue weighted by Crippen LogP contribution is 2.39. The Morgan fingerprint density at radius 3 is 2.83 bits per heavy atom. The molecule has 2 aliphatic rings. The first-order chi connectivity index (χ1) is 11.5. The van der Waals surface area contributed by atoms with E-state index < -0.39 is 0 Å². The maximum absolute atomic E-state index is 8.45. The molecule has 0 radical (unpaired) electrons. The molecule has 1 heterocycles. The summed E-state index contributed by atoms with van der Waals surface area (Å²) >= 11 is 13.6. The zero-order valence-electron chi connectivity index (χ0n) is 13.9. The van der Waals surface area contributed by atoms with Gasteiger partial charge in [-0.2, -0.15) is 0 Å². The molecule has 1 aliphatic carbocycles.